The maximum atomic E-state index is 11.9. The van der Waals surface area contributed by atoms with Crippen molar-refractivity contribution in [3.63, 3.8) is 0 Å². The Kier molecular flexibility index (Phi) is 5.63. The molecule has 1 atom stereocenters. The fourth-order valence-corrected chi connectivity index (χ4v) is 2.27. The lowest BCUT2D eigenvalue weighted by atomic mass is 10.1. The van der Waals surface area contributed by atoms with Gasteiger partial charge < -0.3 is 16.2 Å². The number of nitrogens with one attached hydrogen (secondary N) is 1. The van der Waals surface area contributed by atoms with Crippen molar-refractivity contribution in [2.24, 2.45) is 5.73 Å². The van der Waals surface area contributed by atoms with Crippen molar-refractivity contribution >= 4 is 27.6 Å². The molecule has 0 saturated carbocycles. The lowest BCUT2D eigenvalue weighted by Gasteiger charge is -2.13. The summed E-state index contributed by atoms with van der Waals surface area (Å²) in [4.78, 5) is 33.7. The molecule has 9 heteroatoms. The van der Waals surface area contributed by atoms with E-state index < -0.39 is 33.7 Å². The summed E-state index contributed by atoms with van der Waals surface area (Å²) in [6.07, 6.45) is 0.731. The third-order valence-corrected chi connectivity index (χ3v) is 3.96. The van der Waals surface area contributed by atoms with Gasteiger partial charge in [0.15, 0.2) is 9.84 Å². The van der Waals surface area contributed by atoms with Gasteiger partial charge in [-0.3, -0.25) is 9.59 Å². The third kappa shape index (κ3) is 5.17. The highest BCUT2D eigenvalue weighted by Crippen LogP contribution is 2.11. The number of benzene rings is 1. The predicted molar refractivity (Wildman–Crippen MR) is 76.9 cm³/mol. The molecular weight excluding hydrogens is 312 g/mol. The number of carbonyl (C=O) groups excluding carboxylic acids is 2. The average molecular weight is 328 g/mol. The van der Waals surface area contributed by atoms with Crippen molar-refractivity contribution in [1.82, 2.24) is 5.32 Å². The minimum atomic E-state index is -3.38. The number of nitrogens with two attached hydrogens (primary N) is 1. The van der Waals surface area contributed by atoms with Gasteiger partial charge in [-0.15, -0.1) is 0 Å². The topological polar surface area (TPSA) is 144 Å². The van der Waals surface area contributed by atoms with Crippen molar-refractivity contribution in [2.75, 3.05) is 6.26 Å². The first-order valence-electron chi connectivity index (χ1n) is 6.23. The minimum Gasteiger partial charge on any atom is -0.480 e. The van der Waals surface area contributed by atoms with E-state index in [4.69, 9.17) is 10.8 Å². The third-order valence-electron chi connectivity index (χ3n) is 2.83. The van der Waals surface area contributed by atoms with Crippen LogP contribution in [0.4, 0.5) is 0 Å². The molecule has 0 heterocycles. The van der Waals surface area contributed by atoms with E-state index in [1.165, 1.54) is 24.3 Å². The number of aliphatic carboxylic acids is 1. The van der Waals surface area contributed by atoms with Gasteiger partial charge in [-0.2, -0.15) is 0 Å². The Labute approximate surface area is 127 Å². The summed E-state index contributed by atoms with van der Waals surface area (Å²) in [6, 6.07) is 3.80. The van der Waals surface area contributed by atoms with E-state index in [9.17, 15) is 22.8 Å². The molecule has 0 saturated heterocycles. The number of hydrogen-bond donors (Lipinski definition) is 3. The van der Waals surface area contributed by atoms with E-state index in [0.717, 1.165) is 6.26 Å². The molecule has 1 unspecified atom stereocenters. The Balaban J connectivity index is 2.82. The second-order valence-corrected chi connectivity index (χ2v) is 6.68. The monoisotopic (exact) mass is 328 g/mol. The molecule has 0 aromatic heterocycles. The van der Waals surface area contributed by atoms with Gasteiger partial charge in [-0.05, 0) is 30.7 Å². The van der Waals surface area contributed by atoms with Gasteiger partial charge in [0, 0.05) is 18.2 Å². The van der Waals surface area contributed by atoms with Gasteiger partial charge in [-0.25, -0.2) is 13.2 Å². The van der Waals surface area contributed by atoms with Crippen LogP contribution in [0.5, 0.6) is 0 Å². The van der Waals surface area contributed by atoms with Crippen LogP contribution in [0.15, 0.2) is 29.2 Å². The molecule has 0 aliphatic heterocycles. The van der Waals surface area contributed by atoms with Crippen molar-refractivity contribution in [3.05, 3.63) is 29.8 Å². The number of sulfone groups is 1. The highest BCUT2D eigenvalue weighted by atomic mass is 32.2. The summed E-state index contributed by atoms with van der Waals surface area (Å²) < 4.78 is 22.6. The smallest absolute Gasteiger partial charge is 0.326 e. The number of carboxylic acid groups (broad SMARTS) is 1. The van der Waals surface area contributed by atoms with E-state index in [0.29, 0.717) is 0 Å². The molecule has 22 heavy (non-hydrogen) atoms. The molecule has 4 N–H and O–H groups in total. The van der Waals surface area contributed by atoms with Crippen LogP contribution in [-0.4, -0.2) is 43.6 Å². The van der Waals surface area contributed by atoms with Crippen LogP contribution >= 0.6 is 0 Å². The predicted octanol–water partition coefficient (Wildman–Crippen LogP) is -0.461. The van der Waals surface area contributed by atoms with E-state index in [1.807, 2.05) is 0 Å². The Morgan fingerprint density at radius 2 is 1.77 bits per heavy atom. The molecule has 1 aromatic rings. The van der Waals surface area contributed by atoms with Crippen LogP contribution in [0.2, 0.25) is 0 Å². The number of carboxylic acids is 1. The molecule has 120 valence electrons. The van der Waals surface area contributed by atoms with E-state index in [-0.39, 0.29) is 23.3 Å². The molecule has 0 bridgehead atoms. The Bertz CT molecular complexity index is 681. The van der Waals surface area contributed by atoms with Gasteiger partial charge in [0.25, 0.3) is 5.91 Å². The average Bonchev–Trinajstić information content (AvgIpc) is 2.41. The van der Waals surface area contributed by atoms with E-state index >= 15 is 0 Å². The summed E-state index contributed by atoms with van der Waals surface area (Å²) in [5.74, 6) is -2.64. The Morgan fingerprint density at radius 3 is 2.18 bits per heavy atom. The zero-order valence-electron chi connectivity index (χ0n) is 11.8. The molecule has 2 amide bonds. The lowest BCUT2D eigenvalue weighted by molar-refractivity contribution is -0.139. The molecule has 8 nitrogen and oxygen atoms in total. The number of primary amides is 1. The minimum absolute atomic E-state index is 0.0487. The highest BCUT2D eigenvalue weighted by Gasteiger charge is 2.21. The fourth-order valence-electron chi connectivity index (χ4n) is 1.64. The first kappa shape index (κ1) is 17.6. The van der Waals surface area contributed by atoms with E-state index in [1.54, 1.807) is 0 Å². The Morgan fingerprint density at radius 1 is 1.23 bits per heavy atom. The molecule has 0 aliphatic carbocycles. The zero-order chi connectivity index (χ0) is 16.9. The summed E-state index contributed by atoms with van der Waals surface area (Å²) >= 11 is 0. The lowest BCUT2D eigenvalue weighted by Crippen LogP contribution is -2.41. The standard InChI is InChI=1S/C13H16N2O6S/c1-22(20,21)9-4-2-8(3-5-9)12(17)15-10(13(18)19)6-7-11(14)16/h2-5,10H,6-7H2,1H3,(H2,14,16)(H,15,17)(H,18,19). The molecule has 0 fully saturated rings. The van der Waals surface area contributed by atoms with Crippen LogP contribution in [0.1, 0.15) is 23.2 Å². The fraction of sp³-hybridized carbons (Fsp3) is 0.308. The second kappa shape index (κ2) is 7.03. The maximum Gasteiger partial charge on any atom is 0.326 e. The Hall–Kier alpha value is -2.42. The van der Waals surface area contributed by atoms with Gasteiger partial charge in [-0.1, -0.05) is 0 Å². The zero-order valence-corrected chi connectivity index (χ0v) is 12.6. The normalized spacial score (nSPS) is 12.4. The summed E-state index contributed by atoms with van der Waals surface area (Å²) in [7, 11) is -3.38. The van der Waals surface area contributed by atoms with Crippen LogP contribution in [-0.2, 0) is 19.4 Å². The van der Waals surface area contributed by atoms with Crippen LogP contribution in [0.3, 0.4) is 0 Å². The van der Waals surface area contributed by atoms with Crippen molar-refractivity contribution < 1.29 is 27.9 Å². The molecule has 1 rings (SSSR count). The molecule has 0 spiro atoms. The molecule has 0 radical (unpaired) electrons. The van der Waals surface area contributed by atoms with Gasteiger partial charge >= 0.3 is 5.97 Å². The highest BCUT2D eigenvalue weighted by molar-refractivity contribution is 7.90. The largest absolute Gasteiger partial charge is 0.480 e. The van der Waals surface area contributed by atoms with Crippen molar-refractivity contribution in [3.8, 4) is 0 Å². The maximum absolute atomic E-state index is 11.9. The van der Waals surface area contributed by atoms with Crippen molar-refractivity contribution in [2.45, 2.75) is 23.8 Å². The summed E-state index contributed by atoms with van der Waals surface area (Å²) in [6.45, 7) is 0. The first-order valence-corrected chi connectivity index (χ1v) is 8.12. The van der Waals surface area contributed by atoms with Crippen LogP contribution < -0.4 is 11.1 Å². The molecule has 1 aromatic carbocycles. The second-order valence-electron chi connectivity index (χ2n) is 4.67. The summed E-state index contributed by atoms with van der Waals surface area (Å²) in [5.41, 5.74) is 5.05. The van der Waals surface area contributed by atoms with Crippen LogP contribution in [0.25, 0.3) is 0 Å². The van der Waals surface area contributed by atoms with E-state index in [2.05, 4.69) is 5.32 Å². The first-order chi connectivity index (χ1) is 10.1. The molecule has 0 aliphatic rings. The number of hydrogen-bond acceptors (Lipinski definition) is 5. The van der Waals surface area contributed by atoms with Gasteiger partial charge in [0.1, 0.15) is 6.04 Å². The number of rotatable bonds is 7. The van der Waals surface area contributed by atoms with Crippen LogP contribution in [0, 0.1) is 0 Å². The SMILES string of the molecule is CS(=O)(=O)c1ccc(C(=O)NC(CCC(N)=O)C(=O)O)cc1. The number of carbonyl (C=O) groups is 3. The van der Waals surface area contributed by atoms with Gasteiger partial charge in [0.2, 0.25) is 5.91 Å². The number of amides is 2. The summed E-state index contributed by atoms with van der Waals surface area (Å²) in [5, 5.41) is 11.2. The quantitative estimate of drug-likeness (QED) is 0.618. The van der Waals surface area contributed by atoms with Gasteiger partial charge in [0.05, 0.1) is 4.90 Å². The molecular formula is C13H16N2O6S. The van der Waals surface area contributed by atoms with Crippen molar-refractivity contribution in [1.29, 1.82) is 0 Å².